The number of pyridine rings is 2. The molecule has 4 heterocycles. The van der Waals surface area contributed by atoms with Crippen molar-refractivity contribution in [3.8, 4) is 28.4 Å². The number of benzene rings is 6. The fraction of sp³-hybridized carbons (Fsp3) is 0.0417. The maximum absolute atomic E-state index is 6.66. The van der Waals surface area contributed by atoms with E-state index in [9.17, 15) is 0 Å². The molecule has 0 fully saturated rings. The van der Waals surface area contributed by atoms with Crippen LogP contribution in [0.5, 0.6) is 11.5 Å². The van der Waals surface area contributed by atoms with E-state index < -0.39 is 8.07 Å². The lowest BCUT2D eigenvalue weighted by Gasteiger charge is -2.35. The molecule has 5 nitrogen and oxygen atoms in total. The molecule has 10 rings (SSSR count). The molecule has 1 aliphatic heterocycles. The predicted octanol–water partition coefficient (Wildman–Crippen LogP) is 8.62. The van der Waals surface area contributed by atoms with Gasteiger partial charge < -0.3 is 4.74 Å². The summed E-state index contributed by atoms with van der Waals surface area (Å²) < 4.78 is 9.56. The summed E-state index contributed by atoms with van der Waals surface area (Å²) in [5.41, 5.74) is 7.34. The Bertz CT molecular complexity index is 2790. The molecule has 0 saturated heterocycles. The van der Waals surface area contributed by atoms with Crippen LogP contribution in [0.15, 0.2) is 188 Å². The number of para-hydroxylation sites is 2. The molecule has 0 aliphatic carbocycles. The minimum Gasteiger partial charge on any atom is -0.445 e. The van der Waals surface area contributed by atoms with Gasteiger partial charge in [0.1, 0.15) is 5.65 Å². The Balaban J connectivity index is 1.25. The van der Waals surface area contributed by atoms with E-state index in [0.717, 1.165) is 61.8 Å². The second-order valence-corrected chi connectivity index (χ2v) is 18.2. The Morgan fingerprint density at radius 3 is 1.93 bits per heavy atom. The highest BCUT2D eigenvalue weighted by Gasteiger charge is 2.42. The highest BCUT2D eigenvalue weighted by Crippen LogP contribution is 2.51. The van der Waals surface area contributed by atoms with Gasteiger partial charge in [-0.15, -0.1) is 0 Å². The number of nitrogens with zero attached hydrogens (tertiary/aromatic N) is 4. The third-order valence-electron chi connectivity index (χ3n) is 11.1. The summed E-state index contributed by atoms with van der Waals surface area (Å²) in [6.45, 7) is 0. The smallest absolute Gasteiger partial charge is 0.190 e. The zero-order valence-electron chi connectivity index (χ0n) is 30.1. The lowest BCUT2D eigenvalue weighted by Crippen LogP contribution is -2.74. The van der Waals surface area contributed by atoms with E-state index in [1.807, 2.05) is 30.6 Å². The molecule has 3 aromatic heterocycles. The van der Waals surface area contributed by atoms with Crippen LogP contribution in [0, 0.1) is 0 Å². The van der Waals surface area contributed by atoms with Gasteiger partial charge in [0.15, 0.2) is 30.9 Å². The minimum absolute atomic E-state index is 0.587. The number of rotatable bonds is 6. The third kappa shape index (κ3) is 4.88. The molecule has 0 spiro atoms. The molecule has 0 bridgehead atoms. The van der Waals surface area contributed by atoms with Crippen molar-refractivity contribution in [2.75, 3.05) is 14.1 Å². The van der Waals surface area contributed by atoms with Gasteiger partial charge in [0.05, 0.1) is 25.3 Å². The zero-order chi connectivity index (χ0) is 36.3. The monoisotopic (exact) mass is 713 g/mol. The number of hydrogen-bond donors (Lipinski definition) is 0. The second-order valence-electron chi connectivity index (χ2n) is 14.4. The second kappa shape index (κ2) is 12.5. The quantitative estimate of drug-likeness (QED) is 0.0985. The van der Waals surface area contributed by atoms with Gasteiger partial charge in [-0.25, -0.2) is 4.98 Å². The topological polar surface area (TPSA) is 39.9 Å². The highest BCUT2D eigenvalue weighted by molar-refractivity contribution is 7.20. The summed E-state index contributed by atoms with van der Waals surface area (Å²) in [6, 6.07) is 63.5. The molecule has 0 atom stereocenters. The first-order valence-electron chi connectivity index (χ1n) is 18.3. The van der Waals surface area contributed by atoms with Gasteiger partial charge >= 0.3 is 0 Å². The normalized spacial score (nSPS) is 13.3. The fourth-order valence-electron chi connectivity index (χ4n) is 8.59. The Morgan fingerprint density at radius 1 is 0.500 bits per heavy atom. The van der Waals surface area contributed by atoms with Crippen LogP contribution in [-0.2, 0) is 0 Å². The maximum Gasteiger partial charge on any atom is 0.190 e. The van der Waals surface area contributed by atoms with Crippen LogP contribution in [0.4, 0.5) is 11.4 Å². The SMILES string of the molecule is C[N+]1(C)c2ccccc2Oc2cc3c(cc21)c1cccnc1n3-c1cccc([Si](c2ccccc2)(c2ccccc2)c2cccc(-c3ccccn3)c2)c1. The summed E-state index contributed by atoms with van der Waals surface area (Å²) >= 11 is 0. The average molecular weight is 714 g/mol. The largest absolute Gasteiger partial charge is 0.445 e. The predicted molar refractivity (Wildman–Crippen MR) is 225 cm³/mol. The van der Waals surface area contributed by atoms with Crippen LogP contribution in [0.1, 0.15) is 0 Å². The molecule has 258 valence electrons. The Labute approximate surface area is 315 Å². The Hall–Kier alpha value is -6.60. The summed E-state index contributed by atoms with van der Waals surface area (Å²) in [4.78, 5) is 9.77. The van der Waals surface area contributed by atoms with E-state index in [1.54, 1.807) is 0 Å². The molecule has 1 aliphatic rings. The molecule has 0 N–H and O–H groups in total. The summed E-state index contributed by atoms with van der Waals surface area (Å²) in [6.07, 6.45) is 3.76. The Morgan fingerprint density at radius 2 is 1.17 bits per heavy atom. The molecule has 0 radical (unpaired) electrons. The van der Waals surface area contributed by atoms with Crippen molar-refractivity contribution >= 4 is 62.1 Å². The van der Waals surface area contributed by atoms with Crippen LogP contribution in [-0.4, -0.2) is 36.7 Å². The fourth-order valence-corrected chi connectivity index (χ4v) is 13.4. The van der Waals surface area contributed by atoms with E-state index in [0.29, 0.717) is 4.48 Å². The van der Waals surface area contributed by atoms with E-state index in [2.05, 4.69) is 176 Å². The number of aromatic nitrogens is 3. The van der Waals surface area contributed by atoms with Crippen molar-refractivity contribution in [3.63, 3.8) is 0 Å². The molecule has 6 heteroatoms. The van der Waals surface area contributed by atoms with Gasteiger partial charge in [0, 0.05) is 52.6 Å². The lowest BCUT2D eigenvalue weighted by atomic mass is 10.1. The summed E-state index contributed by atoms with van der Waals surface area (Å²) in [5, 5.41) is 7.46. The van der Waals surface area contributed by atoms with Crippen LogP contribution >= 0.6 is 0 Å². The van der Waals surface area contributed by atoms with Gasteiger partial charge in [-0.05, 0) is 63.2 Å². The van der Waals surface area contributed by atoms with Crippen molar-refractivity contribution in [2.45, 2.75) is 0 Å². The van der Waals surface area contributed by atoms with E-state index in [-0.39, 0.29) is 0 Å². The number of ether oxygens (including phenoxy) is 1. The first-order valence-corrected chi connectivity index (χ1v) is 20.3. The first kappa shape index (κ1) is 32.1. The molecular weight excluding hydrogens is 677 g/mol. The lowest BCUT2D eigenvalue weighted by molar-refractivity contribution is 0.411. The van der Waals surface area contributed by atoms with Crippen molar-refractivity contribution in [1.29, 1.82) is 0 Å². The molecule has 0 saturated carbocycles. The molecule has 54 heavy (non-hydrogen) atoms. The molecular formula is C48H37N4OSi+. The standard InChI is InChI=1S/C48H37N4OSi/c1-52(2)44-26-9-10-27-46(44)53-47-33-43-41(32-45(47)52)40-24-15-29-50-48(40)51(43)35-17-14-23-39(31-35)54(36-18-5-3-6-19-36,37-20-7-4-8-21-37)38-22-13-16-34(30-38)42-25-11-12-28-49-42/h3-33H,1-2H3/q+1. The molecule has 0 unspecified atom stereocenters. The van der Waals surface area contributed by atoms with Crippen molar-refractivity contribution in [2.24, 2.45) is 0 Å². The van der Waals surface area contributed by atoms with E-state index in [4.69, 9.17) is 14.7 Å². The maximum atomic E-state index is 6.66. The zero-order valence-corrected chi connectivity index (χ0v) is 31.1. The van der Waals surface area contributed by atoms with Crippen molar-refractivity contribution < 1.29 is 4.74 Å². The average Bonchev–Trinajstić information content (AvgIpc) is 3.55. The van der Waals surface area contributed by atoms with Gasteiger partial charge in [0.2, 0.25) is 0 Å². The highest BCUT2D eigenvalue weighted by atomic mass is 28.3. The van der Waals surface area contributed by atoms with Gasteiger partial charge in [-0.1, -0.05) is 115 Å². The number of fused-ring (bicyclic) bond motifs is 5. The van der Waals surface area contributed by atoms with Gasteiger partial charge in [0.25, 0.3) is 0 Å². The van der Waals surface area contributed by atoms with E-state index in [1.165, 1.54) is 20.7 Å². The first-order chi connectivity index (χ1) is 26.5. The van der Waals surface area contributed by atoms with E-state index >= 15 is 0 Å². The van der Waals surface area contributed by atoms with Crippen LogP contribution in [0.25, 0.3) is 38.9 Å². The molecule has 9 aromatic rings. The van der Waals surface area contributed by atoms with Crippen LogP contribution in [0.3, 0.4) is 0 Å². The minimum atomic E-state index is -2.91. The van der Waals surface area contributed by atoms with Crippen LogP contribution < -0.4 is 30.0 Å². The number of hydrogen-bond acceptors (Lipinski definition) is 3. The summed E-state index contributed by atoms with van der Waals surface area (Å²) in [7, 11) is 1.54. The van der Waals surface area contributed by atoms with Gasteiger partial charge in [-0.3, -0.25) is 14.0 Å². The molecule has 6 aromatic carbocycles. The Kier molecular flexibility index (Phi) is 7.44. The number of quaternary nitrogens is 1. The van der Waals surface area contributed by atoms with Crippen molar-refractivity contribution in [1.82, 2.24) is 19.0 Å². The third-order valence-corrected chi connectivity index (χ3v) is 15.9. The van der Waals surface area contributed by atoms with Crippen LogP contribution in [0.2, 0.25) is 0 Å². The molecule has 0 amide bonds. The van der Waals surface area contributed by atoms with Gasteiger partial charge in [-0.2, -0.15) is 0 Å². The summed E-state index contributed by atoms with van der Waals surface area (Å²) in [5.74, 6) is 1.74. The van der Waals surface area contributed by atoms with Crippen molar-refractivity contribution in [3.05, 3.63) is 188 Å².